The molecule has 1 N–H and O–H groups in total. The quantitative estimate of drug-likeness (QED) is 0.909. The Morgan fingerprint density at radius 1 is 1.39 bits per heavy atom. The molecule has 0 spiro atoms. The Labute approximate surface area is 141 Å². The van der Waals surface area contributed by atoms with Crippen molar-refractivity contribution in [1.29, 1.82) is 0 Å². The summed E-state index contributed by atoms with van der Waals surface area (Å²) in [5.41, 5.74) is 1.83. The van der Waals surface area contributed by atoms with E-state index in [1.165, 1.54) is 0 Å². The summed E-state index contributed by atoms with van der Waals surface area (Å²) in [6.45, 7) is 6.86. The van der Waals surface area contributed by atoms with Crippen molar-refractivity contribution in [3.05, 3.63) is 41.2 Å². The molecule has 1 aromatic carbocycles. The van der Waals surface area contributed by atoms with Crippen LogP contribution < -0.4 is 0 Å². The van der Waals surface area contributed by atoms with E-state index in [4.69, 9.17) is 21.1 Å². The molecule has 5 nitrogen and oxygen atoms in total. The molecule has 124 valence electrons. The van der Waals surface area contributed by atoms with Crippen molar-refractivity contribution in [3.63, 3.8) is 0 Å². The summed E-state index contributed by atoms with van der Waals surface area (Å²) < 4.78 is 5.59. The Morgan fingerprint density at radius 3 is 3.00 bits per heavy atom. The van der Waals surface area contributed by atoms with Gasteiger partial charge in [0.2, 0.25) is 5.89 Å². The normalized spacial score (nSPS) is 20.0. The second kappa shape index (κ2) is 7.45. The number of benzene rings is 1. The van der Waals surface area contributed by atoms with Crippen molar-refractivity contribution in [1.82, 2.24) is 14.8 Å². The first-order valence-electron chi connectivity index (χ1n) is 7.93. The number of nitrogens with zero attached hydrogens (tertiary/aromatic N) is 3. The summed E-state index contributed by atoms with van der Waals surface area (Å²) in [4.78, 5) is 9.26. The number of oxazole rings is 1. The highest BCUT2D eigenvalue weighted by Crippen LogP contribution is 2.22. The lowest BCUT2D eigenvalue weighted by molar-refractivity contribution is 0.0641. The minimum atomic E-state index is 0.219. The fraction of sp³-hybridized carbons (Fsp3) is 0.471. The molecule has 1 atom stereocenters. The monoisotopic (exact) mass is 335 g/mol. The number of aromatic nitrogens is 1. The van der Waals surface area contributed by atoms with Crippen molar-refractivity contribution < 1.29 is 9.52 Å². The second-order valence-corrected chi connectivity index (χ2v) is 6.43. The van der Waals surface area contributed by atoms with E-state index in [0.717, 1.165) is 44.0 Å². The summed E-state index contributed by atoms with van der Waals surface area (Å²) in [5, 5.41) is 9.76. The maximum absolute atomic E-state index is 9.08. The predicted octanol–water partition coefficient (Wildman–Crippen LogP) is 2.49. The minimum absolute atomic E-state index is 0.219. The Bertz CT molecular complexity index is 646. The van der Waals surface area contributed by atoms with Gasteiger partial charge >= 0.3 is 0 Å². The molecule has 0 radical (unpaired) electrons. The zero-order valence-electron chi connectivity index (χ0n) is 13.3. The van der Waals surface area contributed by atoms with Crippen LogP contribution in [0.25, 0.3) is 11.5 Å². The van der Waals surface area contributed by atoms with Crippen LogP contribution in [0.1, 0.15) is 12.6 Å². The molecule has 23 heavy (non-hydrogen) atoms. The van der Waals surface area contributed by atoms with Crippen molar-refractivity contribution in [3.8, 4) is 11.5 Å². The van der Waals surface area contributed by atoms with Gasteiger partial charge in [0.15, 0.2) is 0 Å². The van der Waals surface area contributed by atoms with Gasteiger partial charge < -0.3 is 9.52 Å². The number of β-amino-alcohol motifs (C(OH)–C–C–N with tert-alkyl or cyclic N) is 1. The highest BCUT2D eigenvalue weighted by Gasteiger charge is 2.23. The van der Waals surface area contributed by atoms with Gasteiger partial charge in [-0.15, -0.1) is 0 Å². The Kier molecular flexibility index (Phi) is 5.33. The number of halogens is 1. The molecule has 1 unspecified atom stereocenters. The Balaban J connectivity index is 1.61. The molecule has 1 aliphatic rings. The number of hydrogen-bond donors (Lipinski definition) is 1. The van der Waals surface area contributed by atoms with Crippen molar-refractivity contribution in [2.75, 3.05) is 32.8 Å². The van der Waals surface area contributed by atoms with Crippen molar-refractivity contribution in [2.24, 2.45) is 0 Å². The highest BCUT2D eigenvalue weighted by molar-refractivity contribution is 6.30. The van der Waals surface area contributed by atoms with Gasteiger partial charge in [-0.3, -0.25) is 9.80 Å². The molecule has 6 heteroatoms. The smallest absolute Gasteiger partial charge is 0.226 e. The maximum Gasteiger partial charge on any atom is 0.226 e. The number of rotatable bonds is 5. The Hall–Kier alpha value is -1.40. The van der Waals surface area contributed by atoms with E-state index < -0.39 is 0 Å². The molecule has 0 aliphatic carbocycles. The lowest BCUT2D eigenvalue weighted by atomic mass is 10.2. The third-order valence-corrected chi connectivity index (χ3v) is 4.48. The SMILES string of the molecule is CC1CN(Cc2coc(-c3cccc(Cl)c3)n2)CCN1CCO. The maximum atomic E-state index is 9.08. The van der Waals surface area contributed by atoms with Gasteiger partial charge in [-0.05, 0) is 25.1 Å². The van der Waals surface area contributed by atoms with Crippen LogP contribution in [-0.4, -0.2) is 58.7 Å². The van der Waals surface area contributed by atoms with Crippen LogP contribution in [0, 0.1) is 0 Å². The van der Waals surface area contributed by atoms with E-state index in [9.17, 15) is 0 Å². The number of hydrogen-bond acceptors (Lipinski definition) is 5. The summed E-state index contributed by atoms with van der Waals surface area (Å²) in [6, 6.07) is 7.96. The van der Waals surface area contributed by atoms with Crippen LogP contribution >= 0.6 is 11.6 Å². The molecular formula is C17H22ClN3O2. The predicted molar refractivity (Wildman–Crippen MR) is 90.3 cm³/mol. The van der Waals surface area contributed by atoms with Crippen LogP contribution in [0.2, 0.25) is 5.02 Å². The lowest BCUT2D eigenvalue weighted by Gasteiger charge is -2.39. The fourth-order valence-corrected chi connectivity index (χ4v) is 3.23. The molecule has 1 fully saturated rings. The first-order valence-corrected chi connectivity index (χ1v) is 8.31. The van der Waals surface area contributed by atoms with Gasteiger partial charge in [0.05, 0.1) is 12.3 Å². The van der Waals surface area contributed by atoms with Gasteiger partial charge in [0, 0.05) is 49.4 Å². The third kappa shape index (κ3) is 4.12. The molecule has 0 saturated carbocycles. The van der Waals surface area contributed by atoms with E-state index in [1.54, 1.807) is 6.26 Å². The number of aliphatic hydroxyl groups excluding tert-OH is 1. The topological polar surface area (TPSA) is 52.7 Å². The van der Waals surface area contributed by atoms with Crippen molar-refractivity contribution >= 4 is 11.6 Å². The molecular weight excluding hydrogens is 314 g/mol. The van der Waals surface area contributed by atoms with Crippen LogP contribution in [0.4, 0.5) is 0 Å². The van der Waals surface area contributed by atoms with E-state index in [0.29, 0.717) is 17.0 Å². The summed E-state index contributed by atoms with van der Waals surface area (Å²) in [5.74, 6) is 0.606. The van der Waals surface area contributed by atoms with Gasteiger partial charge in [-0.1, -0.05) is 17.7 Å². The van der Waals surface area contributed by atoms with Gasteiger partial charge in [0.25, 0.3) is 0 Å². The third-order valence-electron chi connectivity index (χ3n) is 4.25. The molecule has 1 saturated heterocycles. The number of piperazine rings is 1. The zero-order chi connectivity index (χ0) is 16.2. The first kappa shape index (κ1) is 16.5. The van der Waals surface area contributed by atoms with E-state index in [1.807, 2.05) is 24.3 Å². The lowest BCUT2D eigenvalue weighted by Crippen LogP contribution is -2.52. The summed E-state index contributed by atoms with van der Waals surface area (Å²) in [7, 11) is 0. The summed E-state index contributed by atoms with van der Waals surface area (Å²) >= 11 is 6.01. The zero-order valence-corrected chi connectivity index (χ0v) is 14.0. The van der Waals surface area contributed by atoms with E-state index in [-0.39, 0.29) is 6.61 Å². The standard InChI is InChI=1S/C17H22ClN3O2/c1-13-10-20(5-6-21(13)7-8-22)11-16-12-23-17(19-16)14-3-2-4-15(18)9-14/h2-4,9,12-13,22H,5-8,10-11H2,1H3. The van der Waals surface area contributed by atoms with Crippen LogP contribution in [0.3, 0.4) is 0 Å². The average Bonchev–Trinajstić information content (AvgIpc) is 2.99. The highest BCUT2D eigenvalue weighted by atomic mass is 35.5. The summed E-state index contributed by atoms with van der Waals surface area (Å²) in [6.07, 6.45) is 1.72. The fourth-order valence-electron chi connectivity index (χ4n) is 3.04. The van der Waals surface area contributed by atoms with E-state index in [2.05, 4.69) is 21.7 Å². The van der Waals surface area contributed by atoms with Crippen LogP contribution in [-0.2, 0) is 6.54 Å². The van der Waals surface area contributed by atoms with E-state index >= 15 is 0 Å². The van der Waals surface area contributed by atoms with Gasteiger partial charge in [0.1, 0.15) is 6.26 Å². The van der Waals surface area contributed by atoms with Gasteiger partial charge in [-0.25, -0.2) is 4.98 Å². The Morgan fingerprint density at radius 2 is 2.26 bits per heavy atom. The molecule has 1 aliphatic heterocycles. The largest absolute Gasteiger partial charge is 0.444 e. The van der Waals surface area contributed by atoms with Crippen LogP contribution in [0.5, 0.6) is 0 Å². The molecule has 2 heterocycles. The molecule has 0 bridgehead atoms. The van der Waals surface area contributed by atoms with Crippen LogP contribution in [0.15, 0.2) is 34.9 Å². The minimum Gasteiger partial charge on any atom is -0.444 e. The molecule has 0 amide bonds. The molecule has 1 aromatic heterocycles. The van der Waals surface area contributed by atoms with Crippen molar-refractivity contribution in [2.45, 2.75) is 19.5 Å². The average molecular weight is 336 g/mol. The van der Waals surface area contributed by atoms with Gasteiger partial charge in [-0.2, -0.15) is 0 Å². The molecule has 2 aromatic rings. The molecule has 3 rings (SSSR count). The number of aliphatic hydroxyl groups is 1. The second-order valence-electron chi connectivity index (χ2n) is 6.00. The first-order chi connectivity index (χ1) is 11.2.